The highest BCUT2D eigenvalue weighted by Gasteiger charge is 2.49. The smallest absolute Gasteiger partial charge is 0.151 e. The normalized spacial score (nSPS) is 27.0. The van der Waals surface area contributed by atoms with E-state index in [0.717, 1.165) is 28.0 Å². The largest absolute Gasteiger partial charge is 0.485 e. The van der Waals surface area contributed by atoms with Gasteiger partial charge in [-0.15, -0.1) is 0 Å². The molecule has 27 heavy (non-hydrogen) atoms. The third-order valence-corrected chi connectivity index (χ3v) is 5.46. The van der Waals surface area contributed by atoms with E-state index in [1.165, 1.54) is 5.56 Å². The molecule has 0 saturated carbocycles. The molecule has 2 aromatic rings. The fourth-order valence-corrected chi connectivity index (χ4v) is 4.18. The molecule has 0 radical (unpaired) electrons. The Bertz CT molecular complexity index is 795. The average molecular weight is 370 g/mol. The second-order valence-corrected chi connectivity index (χ2v) is 7.32. The summed E-state index contributed by atoms with van der Waals surface area (Å²) in [7, 11) is 1.69. The van der Waals surface area contributed by atoms with Crippen molar-refractivity contribution in [1.82, 2.24) is 0 Å². The summed E-state index contributed by atoms with van der Waals surface area (Å²) >= 11 is 0. The Kier molecular flexibility index (Phi) is 5.19. The minimum absolute atomic E-state index is 0.0201. The molecule has 2 aromatic carbocycles. The Morgan fingerprint density at radius 2 is 1.67 bits per heavy atom. The van der Waals surface area contributed by atoms with Gasteiger partial charge in [-0.25, -0.2) is 0 Å². The first-order chi connectivity index (χ1) is 13.1. The highest BCUT2D eigenvalue weighted by molar-refractivity contribution is 5.72. The van der Waals surface area contributed by atoms with Gasteiger partial charge in [-0.05, 0) is 59.9 Å². The average Bonchev–Trinajstić information content (AvgIpc) is 3.24. The van der Waals surface area contributed by atoms with Gasteiger partial charge in [-0.1, -0.05) is 18.2 Å². The number of aryl methyl sites for hydroxylation is 2. The predicted molar refractivity (Wildman–Crippen MR) is 102 cm³/mol. The molecule has 4 atom stereocenters. The Morgan fingerprint density at radius 1 is 1.00 bits per heavy atom. The van der Waals surface area contributed by atoms with Gasteiger partial charge in [0.2, 0.25) is 0 Å². The predicted octanol–water partition coefficient (Wildman–Crippen LogP) is 3.02. The van der Waals surface area contributed by atoms with Crippen LogP contribution in [0.25, 0.3) is 11.1 Å². The maximum absolute atomic E-state index is 9.41. The van der Waals surface area contributed by atoms with Crippen LogP contribution in [0.5, 0.6) is 5.75 Å². The van der Waals surface area contributed by atoms with Crippen molar-refractivity contribution in [2.45, 2.75) is 44.9 Å². The summed E-state index contributed by atoms with van der Waals surface area (Å²) < 4.78 is 23.3. The van der Waals surface area contributed by atoms with Crippen molar-refractivity contribution >= 4 is 0 Å². The zero-order chi connectivity index (χ0) is 19.0. The number of hydrogen-bond acceptors (Lipinski definition) is 5. The van der Waals surface area contributed by atoms with E-state index in [1.807, 2.05) is 18.2 Å². The fraction of sp³-hybridized carbons (Fsp3) is 0.455. The summed E-state index contributed by atoms with van der Waals surface area (Å²) in [5, 5.41) is 9.41. The van der Waals surface area contributed by atoms with Crippen LogP contribution in [0.1, 0.15) is 16.7 Å². The van der Waals surface area contributed by atoms with E-state index in [4.69, 9.17) is 18.9 Å². The molecule has 0 aliphatic carbocycles. The fourth-order valence-electron chi connectivity index (χ4n) is 4.18. The van der Waals surface area contributed by atoms with Crippen LogP contribution in [-0.2, 0) is 20.8 Å². The van der Waals surface area contributed by atoms with Crippen LogP contribution in [0.15, 0.2) is 36.4 Å². The van der Waals surface area contributed by atoms with Gasteiger partial charge in [0.15, 0.2) is 6.10 Å². The van der Waals surface area contributed by atoms with Gasteiger partial charge in [0, 0.05) is 7.11 Å². The molecule has 144 valence electrons. The molecule has 4 rings (SSSR count). The van der Waals surface area contributed by atoms with E-state index in [0.29, 0.717) is 13.2 Å². The third kappa shape index (κ3) is 3.48. The quantitative estimate of drug-likeness (QED) is 0.877. The lowest BCUT2D eigenvalue weighted by molar-refractivity contribution is -0.0138. The van der Waals surface area contributed by atoms with Gasteiger partial charge in [0.25, 0.3) is 0 Å². The number of fused-ring (bicyclic) bond motifs is 1. The molecular weight excluding hydrogens is 344 g/mol. The van der Waals surface area contributed by atoms with Gasteiger partial charge in [-0.2, -0.15) is 0 Å². The van der Waals surface area contributed by atoms with Crippen molar-refractivity contribution in [2.75, 3.05) is 20.3 Å². The van der Waals surface area contributed by atoms with Crippen LogP contribution in [0.2, 0.25) is 0 Å². The summed E-state index contributed by atoms with van der Waals surface area (Å²) in [5.74, 6) is 0.825. The molecule has 2 heterocycles. The van der Waals surface area contributed by atoms with E-state index in [2.05, 4.69) is 32.0 Å². The standard InChI is InChI=1S/C22H26O5/c1-13-7-17(27-19-12-26-21-18(24-3)11-25-22(19)21)8-14(2)20(13)16-6-4-5-15(9-16)10-23/h4-9,18-19,21-23H,10-12H2,1-3H3/t18-,19+,21-,22-/m1/s1. The lowest BCUT2D eigenvalue weighted by Gasteiger charge is -2.20. The maximum atomic E-state index is 9.41. The highest BCUT2D eigenvalue weighted by atomic mass is 16.6. The van der Waals surface area contributed by atoms with Crippen LogP contribution in [-0.4, -0.2) is 49.8 Å². The third-order valence-electron chi connectivity index (χ3n) is 5.46. The van der Waals surface area contributed by atoms with Crippen LogP contribution in [0.4, 0.5) is 0 Å². The Morgan fingerprint density at radius 3 is 2.33 bits per heavy atom. The summed E-state index contributed by atoms with van der Waals surface area (Å²) in [5.41, 5.74) is 5.46. The molecule has 2 fully saturated rings. The van der Waals surface area contributed by atoms with Gasteiger partial charge in [-0.3, -0.25) is 0 Å². The van der Waals surface area contributed by atoms with E-state index in [1.54, 1.807) is 7.11 Å². The summed E-state index contributed by atoms with van der Waals surface area (Å²) in [6, 6.07) is 12.1. The lowest BCUT2D eigenvalue weighted by atomic mass is 9.94. The first-order valence-corrected chi connectivity index (χ1v) is 9.34. The zero-order valence-corrected chi connectivity index (χ0v) is 16.0. The molecule has 0 aromatic heterocycles. The van der Waals surface area contributed by atoms with Crippen molar-refractivity contribution in [3.8, 4) is 16.9 Å². The number of hydrogen-bond donors (Lipinski definition) is 1. The number of ether oxygens (including phenoxy) is 4. The second kappa shape index (κ2) is 7.60. The number of methoxy groups -OCH3 is 1. The van der Waals surface area contributed by atoms with Crippen LogP contribution in [0.3, 0.4) is 0 Å². The topological polar surface area (TPSA) is 57.2 Å². The first kappa shape index (κ1) is 18.4. The molecule has 0 unspecified atom stereocenters. The van der Waals surface area contributed by atoms with Crippen molar-refractivity contribution in [2.24, 2.45) is 0 Å². The number of rotatable bonds is 5. The summed E-state index contributed by atoms with van der Waals surface area (Å²) in [6.45, 7) is 5.26. The molecule has 0 amide bonds. The van der Waals surface area contributed by atoms with Gasteiger partial charge >= 0.3 is 0 Å². The molecule has 1 N–H and O–H groups in total. The van der Waals surface area contributed by atoms with Crippen molar-refractivity contribution in [3.05, 3.63) is 53.1 Å². The van der Waals surface area contributed by atoms with Crippen molar-refractivity contribution in [3.63, 3.8) is 0 Å². The molecule has 0 spiro atoms. The van der Waals surface area contributed by atoms with Crippen molar-refractivity contribution in [1.29, 1.82) is 0 Å². The monoisotopic (exact) mass is 370 g/mol. The van der Waals surface area contributed by atoms with Crippen molar-refractivity contribution < 1.29 is 24.1 Å². The van der Waals surface area contributed by atoms with Gasteiger partial charge in [0.1, 0.15) is 24.1 Å². The second-order valence-electron chi connectivity index (χ2n) is 7.32. The summed E-state index contributed by atoms with van der Waals surface area (Å²) in [4.78, 5) is 0. The lowest BCUT2D eigenvalue weighted by Crippen LogP contribution is -2.35. The number of aliphatic hydroxyl groups is 1. The number of benzene rings is 2. The van der Waals surface area contributed by atoms with Crippen LogP contribution < -0.4 is 4.74 Å². The molecule has 2 aliphatic rings. The Hall–Kier alpha value is -1.92. The molecular formula is C22H26O5. The van der Waals surface area contributed by atoms with E-state index >= 15 is 0 Å². The van der Waals surface area contributed by atoms with Crippen LogP contribution in [0, 0.1) is 13.8 Å². The molecule has 2 saturated heterocycles. The minimum atomic E-state index is -0.127. The van der Waals surface area contributed by atoms with E-state index < -0.39 is 0 Å². The first-order valence-electron chi connectivity index (χ1n) is 9.34. The van der Waals surface area contributed by atoms with Gasteiger partial charge < -0.3 is 24.1 Å². The highest BCUT2D eigenvalue weighted by Crippen LogP contribution is 2.35. The van der Waals surface area contributed by atoms with E-state index in [-0.39, 0.29) is 31.0 Å². The number of aliphatic hydroxyl groups excluding tert-OH is 1. The summed E-state index contributed by atoms with van der Waals surface area (Å²) in [6.07, 6.45) is -0.287. The maximum Gasteiger partial charge on any atom is 0.151 e. The minimum Gasteiger partial charge on any atom is -0.485 e. The SMILES string of the molecule is CO[C@@H]1CO[C@H]2[C@@H]1OC[C@@H]2Oc1cc(C)c(-c2cccc(CO)c2)c(C)c1. The molecule has 5 heteroatoms. The zero-order valence-electron chi connectivity index (χ0n) is 16.0. The Labute approximate surface area is 159 Å². The van der Waals surface area contributed by atoms with E-state index in [9.17, 15) is 5.11 Å². The molecule has 2 aliphatic heterocycles. The van der Waals surface area contributed by atoms with Crippen LogP contribution >= 0.6 is 0 Å². The molecule has 5 nitrogen and oxygen atoms in total. The molecule has 0 bridgehead atoms. The Balaban J connectivity index is 1.56. The van der Waals surface area contributed by atoms with Gasteiger partial charge in [0.05, 0.1) is 19.8 Å².